The number of nitrogens with one attached hydrogen (secondary N) is 1. The van der Waals surface area contributed by atoms with Crippen LogP contribution < -0.4 is 11.1 Å². The maximum absolute atomic E-state index is 11.0. The first kappa shape index (κ1) is 12.9. The third-order valence-corrected chi connectivity index (χ3v) is 3.79. The van der Waals surface area contributed by atoms with Crippen molar-refractivity contribution in [3.05, 3.63) is 28.9 Å². The number of halogens is 1. The summed E-state index contributed by atoms with van der Waals surface area (Å²) < 4.78 is 0. The number of nitrogen functional groups attached to an aromatic ring is 1. The molecule has 4 nitrogen and oxygen atoms in total. The van der Waals surface area contributed by atoms with Crippen molar-refractivity contribution >= 4 is 39.7 Å². The van der Waals surface area contributed by atoms with Crippen LogP contribution in [0.5, 0.6) is 0 Å². The Balaban J connectivity index is 2.41. The van der Waals surface area contributed by atoms with Gasteiger partial charge < -0.3 is 11.1 Å². The number of aryl methyl sites for hydroxylation is 1. The largest absolute Gasteiger partial charge is 0.398 e. The normalized spacial score (nSPS) is 10.4. The molecular weight excluding hydrogens is 270 g/mol. The summed E-state index contributed by atoms with van der Waals surface area (Å²) in [5, 5.41) is 3.77. The van der Waals surface area contributed by atoms with Gasteiger partial charge in [0.25, 0.3) is 0 Å². The van der Waals surface area contributed by atoms with Gasteiger partial charge in [0, 0.05) is 6.92 Å². The molecule has 1 aromatic carbocycles. The van der Waals surface area contributed by atoms with Gasteiger partial charge in [-0.15, -0.1) is 0 Å². The summed E-state index contributed by atoms with van der Waals surface area (Å²) in [4.78, 5) is 16.3. The summed E-state index contributed by atoms with van der Waals surface area (Å²) in [7, 11) is 0. The maximum Gasteiger partial charge on any atom is 0.223 e. The van der Waals surface area contributed by atoms with Gasteiger partial charge in [0.05, 0.1) is 21.3 Å². The zero-order chi connectivity index (χ0) is 13.3. The summed E-state index contributed by atoms with van der Waals surface area (Å²) in [6.07, 6.45) is 0. The molecule has 1 amide bonds. The van der Waals surface area contributed by atoms with Gasteiger partial charge in [-0.2, -0.15) is 0 Å². The molecular formula is C12H12ClN3OS. The summed E-state index contributed by atoms with van der Waals surface area (Å²) in [6.45, 7) is 3.35. The van der Waals surface area contributed by atoms with E-state index >= 15 is 0 Å². The van der Waals surface area contributed by atoms with Gasteiger partial charge in [0.1, 0.15) is 0 Å². The lowest BCUT2D eigenvalue weighted by Gasteiger charge is -2.02. The number of carbonyl (C=O) groups is 1. The van der Waals surface area contributed by atoms with Crippen LogP contribution >= 0.6 is 22.9 Å². The van der Waals surface area contributed by atoms with Crippen molar-refractivity contribution in [3.8, 4) is 10.4 Å². The third-order valence-electron chi connectivity index (χ3n) is 2.34. The fourth-order valence-electron chi connectivity index (χ4n) is 1.54. The minimum absolute atomic E-state index is 0.134. The van der Waals surface area contributed by atoms with Gasteiger partial charge in [0.2, 0.25) is 5.91 Å². The van der Waals surface area contributed by atoms with Crippen molar-refractivity contribution in [2.24, 2.45) is 0 Å². The van der Waals surface area contributed by atoms with Crippen LogP contribution in [0.2, 0.25) is 5.02 Å². The highest BCUT2D eigenvalue weighted by Crippen LogP contribution is 2.35. The van der Waals surface area contributed by atoms with E-state index in [1.807, 2.05) is 13.0 Å². The van der Waals surface area contributed by atoms with Gasteiger partial charge in [-0.3, -0.25) is 4.79 Å². The van der Waals surface area contributed by atoms with Crippen LogP contribution in [0, 0.1) is 6.92 Å². The van der Waals surface area contributed by atoms with Crippen LogP contribution in [-0.2, 0) is 4.79 Å². The Morgan fingerprint density at radius 2 is 2.22 bits per heavy atom. The molecule has 94 valence electrons. The number of benzene rings is 1. The average Bonchev–Trinajstić information content (AvgIpc) is 2.62. The predicted molar refractivity (Wildman–Crippen MR) is 76.0 cm³/mol. The smallest absolute Gasteiger partial charge is 0.223 e. The molecule has 0 aliphatic heterocycles. The molecule has 0 radical (unpaired) electrons. The molecule has 0 saturated carbocycles. The topological polar surface area (TPSA) is 68.0 Å². The monoisotopic (exact) mass is 281 g/mol. The van der Waals surface area contributed by atoms with Gasteiger partial charge >= 0.3 is 0 Å². The van der Waals surface area contributed by atoms with Gasteiger partial charge in [-0.25, -0.2) is 4.98 Å². The number of nitrogens with zero attached hydrogens (tertiary/aromatic N) is 1. The van der Waals surface area contributed by atoms with Crippen molar-refractivity contribution in [1.29, 1.82) is 0 Å². The van der Waals surface area contributed by atoms with Gasteiger partial charge in [-0.1, -0.05) is 29.0 Å². The fraction of sp³-hybridized carbons (Fsp3) is 0.167. The lowest BCUT2D eigenvalue weighted by molar-refractivity contribution is -0.114. The Bertz CT molecular complexity index is 609. The third kappa shape index (κ3) is 2.63. The van der Waals surface area contributed by atoms with Crippen molar-refractivity contribution in [3.63, 3.8) is 0 Å². The van der Waals surface area contributed by atoms with E-state index in [9.17, 15) is 4.79 Å². The highest BCUT2D eigenvalue weighted by Gasteiger charge is 2.11. The molecule has 0 atom stereocenters. The summed E-state index contributed by atoms with van der Waals surface area (Å²) in [6, 6.07) is 5.45. The van der Waals surface area contributed by atoms with Crippen LogP contribution in [-0.4, -0.2) is 10.9 Å². The number of rotatable bonds is 2. The Kier molecular flexibility index (Phi) is 3.54. The number of hydrogen-bond acceptors (Lipinski definition) is 4. The van der Waals surface area contributed by atoms with E-state index in [0.717, 1.165) is 16.1 Å². The Hall–Kier alpha value is -1.59. The zero-order valence-electron chi connectivity index (χ0n) is 9.95. The van der Waals surface area contributed by atoms with E-state index in [2.05, 4.69) is 10.3 Å². The first-order valence-corrected chi connectivity index (χ1v) is 6.47. The second kappa shape index (κ2) is 4.96. The minimum Gasteiger partial charge on any atom is -0.398 e. The highest BCUT2D eigenvalue weighted by molar-refractivity contribution is 7.19. The summed E-state index contributed by atoms with van der Waals surface area (Å²) >= 11 is 7.41. The van der Waals surface area contributed by atoms with E-state index < -0.39 is 0 Å². The Morgan fingerprint density at radius 3 is 2.83 bits per heavy atom. The summed E-state index contributed by atoms with van der Waals surface area (Å²) in [5.74, 6) is -0.134. The van der Waals surface area contributed by atoms with E-state index in [1.165, 1.54) is 18.3 Å². The first-order chi connectivity index (χ1) is 8.47. The molecule has 0 aliphatic rings. The van der Waals surface area contributed by atoms with Crippen molar-refractivity contribution in [2.75, 3.05) is 11.1 Å². The molecule has 1 aromatic heterocycles. The minimum atomic E-state index is -0.134. The maximum atomic E-state index is 11.0. The van der Waals surface area contributed by atoms with E-state index in [4.69, 9.17) is 17.3 Å². The lowest BCUT2D eigenvalue weighted by atomic mass is 10.1. The fourth-order valence-corrected chi connectivity index (χ4v) is 2.73. The number of aromatic nitrogens is 1. The second-order valence-corrected chi connectivity index (χ2v) is 5.26. The van der Waals surface area contributed by atoms with E-state index in [1.54, 1.807) is 12.1 Å². The van der Waals surface area contributed by atoms with Crippen LogP contribution in [0.1, 0.15) is 12.6 Å². The predicted octanol–water partition coefficient (Wildman–Crippen LogP) is 3.31. The van der Waals surface area contributed by atoms with Crippen molar-refractivity contribution < 1.29 is 4.79 Å². The molecule has 0 unspecified atom stereocenters. The molecule has 0 fully saturated rings. The van der Waals surface area contributed by atoms with E-state index in [0.29, 0.717) is 15.8 Å². The first-order valence-electron chi connectivity index (χ1n) is 5.28. The average molecular weight is 282 g/mol. The van der Waals surface area contributed by atoms with E-state index in [-0.39, 0.29) is 5.91 Å². The second-order valence-electron chi connectivity index (χ2n) is 3.85. The van der Waals surface area contributed by atoms with Crippen LogP contribution in [0.25, 0.3) is 10.4 Å². The molecule has 2 rings (SSSR count). The van der Waals surface area contributed by atoms with Crippen LogP contribution in [0.15, 0.2) is 18.2 Å². The van der Waals surface area contributed by atoms with Gasteiger partial charge in [0.15, 0.2) is 5.13 Å². The standard InChI is InChI=1S/C12H12ClN3OS/c1-6-11(18-12(15-6)16-7(2)17)8-3-4-10(14)9(13)5-8/h3-5H,14H2,1-2H3,(H,15,16,17). The molecule has 6 heteroatoms. The van der Waals surface area contributed by atoms with Crippen LogP contribution in [0.3, 0.4) is 0 Å². The number of carbonyl (C=O) groups excluding carboxylic acids is 1. The lowest BCUT2D eigenvalue weighted by Crippen LogP contribution is -2.04. The SMILES string of the molecule is CC(=O)Nc1nc(C)c(-c2ccc(N)c(Cl)c2)s1. The Labute approximate surface area is 114 Å². The van der Waals surface area contributed by atoms with Gasteiger partial charge in [-0.05, 0) is 24.6 Å². The quantitative estimate of drug-likeness (QED) is 0.830. The zero-order valence-corrected chi connectivity index (χ0v) is 11.5. The molecule has 0 aliphatic carbocycles. The van der Waals surface area contributed by atoms with Crippen LogP contribution in [0.4, 0.5) is 10.8 Å². The molecule has 0 spiro atoms. The molecule has 0 bridgehead atoms. The van der Waals surface area contributed by atoms with Crippen molar-refractivity contribution in [2.45, 2.75) is 13.8 Å². The number of amides is 1. The highest BCUT2D eigenvalue weighted by atomic mass is 35.5. The number of hydrogen-bond donors (Lipinski definition) is 2. The number of anilines is 2. The Morgan fingerprint density at radius 1 is 1.50 bits per heavy atom. The van der Waals surface area contributed by atoms with Crippen molar-refractivity contribution in [1.82, 2.24) is 4.98 Å². The number of nitrogens with two attached hydrogens (primary N) is 1. The molecule has 3 N–H and O–H groups in total. The molecule has 2 aromatic rings. The summed E-state index contributed by atoms with van der Waals surface area (Å²) in [5.41, 5.74) is 8.02. The number of thiazole rings is 1. The molecule has 1 heterocycles. The molecule has 18 heavy (non-hydrogen) atoms. The molecule has 0 saturated heterocycles.